The van der Waals surface area contributed by atoms with Gasteiger partial charge in [-0.05, 0) is 0 Å². The molecule has 6 nitrogen and oxygen atoms in total. The molecule has 0 aliphatic carbocycles. The second kappa shape index (κ2) is 5.95. The van der Waals surface area contributed by atoms with Crippen LogP contribution in [0.15, 0.2) is 0 Å². The van der Waals surface area contributed by atoms with E-state index in [1.54, 1.807) is 12.1 Å². The number of aliphatic carboxylic acids is 1. The zero-order valence-electron chi connectivity index (χ0n) is 6.84. The van der Waals surface area contributed by atoms with Gasteiger partial charge in [-0.15, -0.1) is 0 Å². The van der Waals surface area contributed by atoms with Crippen LogP contribution in [0.5, 0.6) is 0 Å². The number of nitriles is 2. The Labute approximate surface area is 75.2 Å². The van der Waals surface area contributed by atoms with E-state index in [0.717, 1.165) is 4.90 Å². The van der Waals surface area contributed by atoms with Crippen molar-refractivity contribution in [3.63, 3.8) is 0 Å². The van der Waals surface area contributed by atoms with Crippen molar-refractivity contribution in [3.8, 4) is 12.1 Å². The van der Waals surface area contributed by atoms with Gasteiger partial charge in [-0.25, -0.2) is 0 Å². The van der Waals surface area contributed by atoms with E-state index < -0.39 is 18.6 Å². The molecule has 0 aromatic heterocycles. The minimum atomic E-state index is -1.24. The van der Waals surface area contributed by atoms with E-state index in [1.165, 1.54) is 0 Å². The Morgan fingerprint density at radius 1 is 1.38 bits per heavy atom. The first-order chi connectivity index (χ1) is 6.17. The van der Waals surface area contributed by atoms with Gasteiger partial charge in [0.25, 0.3) is 0 Å². The van der Waals surface area contributed by atoms with Crippen molar-refractivity contribution >= 4 is 5.97 Å². The minimum absolute atomic E-state index is 0.189. The number of aliphatic hydroxyl groups is 1. The Balaban J connectivity index is 4.41. The van der Waals surface area contributed by atoms with Crippen LogP contribution in [0.3, 0.4) is 0 Å². The lowest BCUT2D eigenvalue weighted by Gasteiger charge is -2.21. The molecule has 0 amide bonds. The van der Waals surface area contributed by atoms with Gasteiger partial charge in [-0.2, -0.15) is 10.5 Å². The zero-order valence-corrected chi connectivity index (χ0v) is 6.84. The summed E-state index contributed by atoms with van der Waals surface area (Å²) in [6, 6.07) is 2.26. The first kappa shape index (κ1) is 11.4. The van der Waals surface area contributed by atoms with Crippen molar-refractivity contribution in [3.05, 3.63) is 0 Å². The fraction of sp³-hybridized carbons (Fsp3) is 0.571. The maximum absolute atomic E-state index is 10.5. The Bertz CT molecular complexity index is 237. The van der Waals surface area contributed by atoms with Gasteiger partial charge in [0.1, 0.15) is 6.04 Å². The van der Waals surface area contributed by atoms with E-state index in [1.807, 2.05) is 0 Å². The third kappa shape index (κ3) is 3.52. The van der Waals surface area contributed by atoms with Crippen molar-refractivity contribution in [1.29, 1.82) is 10.5 Å². The summed E-state index contributed by atoms with van der Waals surface area (Å²) in [5, 5.41) is 33.9. The highest BCUT2D eigenvalue weighted by atomic mass is 16.4. The summed E-state index contributed by atoms with van der Waals surface area (Å²) in [4.78, 5) is 11.6. The van der Waals surface area contributed by atoms with Crippen molar-refractivity contribution in [2.24, 2.45) is 0 Å². The second-order valence-electron chi connectivity index (χ2n) is 2.26. The predicted octanol–water partition coefficient (Wildman–Crippen LogP) is -1.22. The molecule has 1 unspecified atom stereocenters. The van der Waals surface area contributed by atoms with Gasteiger partial charge in [-0.3, -0.25) is 9.69 Å². The average molecular weight is 183 g/mol. The third-order valence-electron chi connectivity index (χ3n) is 1.45. The van der Waals surface area contributed by atoms with Crippen molar-refractivity contribution < 1.29 is 15.0 Å². The van der Waals surface area contributed by atoms with Crippen LogP contribution in [0.4, 0.5) is 0 Å². The van der Waals surface area contributed by atoms with Crippen LogP contribution < -0.4 is 0 Å². The van der Waals surface area contributed by atoms with Crippen molar-refractivity contribution in [1.82, 2.24) is 4.90 Å². The maximum Gasteiger partial charge on any atom is 0.323 e. The molecule has 2 N–H and O–H groups in total. The van der Waals surface area contributed by atoms with E-state index in [2.05, 4.69) is 0 Å². The van der Waals surface area contributed by atoms with Crippen LogP contribution in [0, 0.1) is 22.7 Å². The second-order valence-corrected chi connectivity index (χ2v) is 2.26. The van der Waals surface area contributed by atoms with Crippen molar-refractivity contribution in [2.45, 2.75) is 6.04 Å². The highest BCUT2D eigenvalue weighted by Gasteiger charge is 2.23. The van der Waals surface area contributed by atoms with Crippen LogP contribution in [0.25, 0.3) is 0 Å². The Kier molecular flexibility index (Phi) is 5.20. The number of aliphatic hydroxyl groups excluding tert-OH is 1. The molecule has 13 heavy (non-hydrogen) atoms. The van der Waals surface area contributed by atoms with E-state index in [4.69, 9.17) is 20.7 Å². The van der Waals surface area contributed by atoms with E-state index in [0.29, 0.717) is 0 Å². The highest BCUT2D eigenvalue weighted by molar-refractivity contribution is 5.73. The van der Waals surface area contributed by atoms with Crippen LogP contribution in [0.1, 0.15) is 0 Å². The van der Waals surface area contributed by atoms with Crippen LogP contribution in [-0.2, 0) is 4.79 Å². The summed E-state index contributed by atoms with van der Waals surface area (Å²) in [5.74, 6) is -1.24. The van der Waals surface area contributed by atoms with Crippen LogP contribution in [-0.4, -0.2) is 46.8 Å². The fourth-order valence-corrected chi connectivity index (χ4v) is 0.808. The first-order valence-corrected chi connectivity index (χ1v) is 3.49. The molecule has 0 saturated heterocycles. The lowest BCUT2D eigenvalue weighted by Crippen LogP contribution is -2.44. The zero-order chi connectivity index (χ0) is 10.3. The first-order valence-electron chi connectivity index (χ1n) is 3.49. The Morgan fingerprint density at radius 2 is 1.85 bits per heavy atom. The molecule has 0 rings (SSSR count). The molecule has 0 aliphatic rings. The summed E-state index contributed by atoms with van der Waals surface area (Å²) in [5.41, 5.74) is 0. The van der Waals surface area contributed by atoms with Gasteiger partial charge < -0.3 is 10.2 Å². The fourth-order valence-electron chi connectivity index (χ4n) is 0.808. The molecule has 1 atom stereocenters. The summed E-state index contributed by atoms with van der Waals surface area (Å²) < 4.78 is 0. The molecule has 6 heteroatoms. The number of hydrogen-bond donors (Lipinski definition) is 2. The number of carboxylic acid groups (broad SMARTS) is 1. The summed E-state index contributed by atoms with van der Waals surface area (Å²) >= 11 is 0. The molecule has 0 spiro atoms. The maximum atomic E-state index is 10.5. The van der Waals surface area contributed by atoms with Gasteiger partial charge >= 0.3 is 5.97 Å². The number of carbonyl (C=O) groups is 1. The molecule has 0 heterocycles. The van der Waals surface area contributed by atoms with Crippen LogP contribution in [0.2, 0.25) is 0 Å². The smallest absolute Gasteiger partial charge is 0.323 e. The molecule has 70 valence electrons. The normalized spacial score (nSPS) is 11.7. The molecule has 0 saturated carbocycles. The van der Waals surface area contributed by atoms with Gasteiger partial charge in [0, 0.05) is 0 Å². The third-order valence-corrected chi connectivity index (χ3v) is 1.45. The van der Waals surface area contributed by atoms with E-state index in [-0.39, 0.29) is 13.1 Å². The van der Waals surface area contributed by atoms with Gasteiger partial charge in [0.2, 0.25) is 0 Å². The Morgan fingerprint density at radius 3 is 2.08 bits per heavy atom. The van der Waals surface area contributed by atoms with E-state index in [9.17, 15) is 4.79 Å². The lowest BCUT2D eigenvalue weighted by atomic mass is 10.2. The number of carboxylic acids is 1. The van der Waals surface area contributed by atoms with Gasteiger partial charge in [-0.1, -0.05) is 0 Å². The van der Waals surface area contributed by atoms with E-state index >= 15 is 0 Å². The molecule has 0 bridgehead atoms. The molecule has 0 aromatic rings. The lowest BCUT2D eigenvalue weighted by molar-refractivity contribution is -0.144. The standard InChI is InChI=1S/C7H9N3O3/c8-1-3-10(4-2-9)6(5-11)7(12)13/h6,11H,3-5H2,(H,12,13). The number of nitrogens with zero attached hydrogens (tertiary/aromatic N) is 3. The SMILES string of the molecule is N#CCN(CC#N)C(CO)C(=O)O. The van der Waals surface area contributed by atoms with Crippen molar-refractivity contribution in [2.75, 3.05) is 19.7 Å². The average Bonchev–Trinajstić information content (AvgIpc) is 2.05. The minimum Gasteiger partial charge on any atom is -0.480 e. The summed E-state index contributed by atoms with van der Waals surface area (Å²) in [7, 11) is 0. The topological polar surface area (TPSA) is 108 Å². The Hall–Kier alpha value is -1.63. The molecular weight excluding hydrogens is 174 g/mol. The molecule has 0 radical (unpaired) electrons. The summed E-state index contributed by atoms with van der Waals surface area (Å²) in [6.45, 7) is -0.991. The van der Waals surface area contributed by atoms with Crippen LogP contribution >= 0.6 is 0 Å². The number of rotatable bonds is 5. The van der Waals surface area contributed by atoms with Gasteiger partial charge in [0.05, 0.1) is 31.8 Å². The quantitative estimate of drug-likeness (QED) is 0.517. The predicted molar refractivity (Wildman–Crippen MR) is 41.3 cm³/mol. The largest absolute Gasteiger partial charge is 0.480 e. The summed E-state index contributed by atoms with van der Waals surface area (Å²) in [6.07, 6.45) is 0. The van der Waals surface area contributed by atoms with Gasteiger partial charge in [0.15, 0.2) is 0 Å². The monoisotopic (exact) mass is 183 g/mol. The number of hydrogen-bond acceptors (Lipinski definition) is 5. The molecular formula is C7H9N3O3. The molecule has 0 aromatic carbocycles. The highest BCUT2D eigenvalue weighted by Crippen LogP contribution is 1.97. The molecule has 0 fully saturated rings. The molecule has 0 aliphatic heterocycles.